The lowest BCUT2D eigenvalue weighted by molar-refractivity contribution is -0.143. The van der Waals surface area contributed by atoms with Crippen LogP contribution in [0.15, 0.2) is 0 Å². The minimum atomic E-state index is -0.463. The minimum absolute atomic E-state index is 0.0106. The van der Waals surface area contributed by atoms with Crippen molar-refractivity contribution in [2.75, 3.05) is 51.0 Å². The summed E-state index contributed by atoms with van der Waals surface area (Å²) in [6, 6.07) is 0. The van der Waals surface area contributed by atoms with Crippen LogP contribution in [0.25, 0.3) is 0 Å². The molecular weight excluding hydrogens is 284 g/mol. The van der Waals surface area contributed by atoms with Crippen molar-refractivity contribution >= 4 is 29.5 Å². The SMILES string of the molecule is CCOC(=O)CNC(=O)CSCC(=O)N1CCOCC1. The van der Waals surface area contributed by atoms with E-state index in [0.717, 1.165) is 0 Å². The highest BCUT2D eigenvalue weighted by Crippen LogP contribution is 2.04. The molecule has 0 aliphatic carbocycles. The van der Waals surface area contributed by atoms with Crippen LogP contribution in [-0.4, -0.2) is 73.6 Å². The van der Waals surface area contributed by atoms with Crippen molar-refractivity contribution in [3.05, 3.63) is 0 Å². The van der Waals surface area contributed by atoms with E-state index in [4.69, 9.17) is 4.74 Å². The fourth-order valence-electron chi connectivity index (χ4n) is 1.57. The van der Waals surface area contributed by atoms with Crippen molar-refractivity contribution in [3.63, 3.8) is 0 Å². The second-order valence-corrected chi connectivity index (χ2v) is 5.05. The lowest BCUT2D eigenvalue weighted by Crippen LogP contribution is -2.41. The van der Waals surface area contributed by atoms with Crippen LogP contribution in [0.2, 0.25) is 0 Å². The molecule has 0 radical (unpaired) electrons. The van der Waals surface area contributed by atoms with E-state index < -0.39 is 5.97 Å². The van der Waals surface area contributed by atoms with Crippen molar-refractivity contribution in [2.24, 2.45) is 0 Å². The van der Waals surface area contributed by atoms with Crippen LogP contribution in [0.3, 0.4) is 0 Å². The van der Waals surface area contributed by atoms with Crippen LogP contribution >= 0.6 is 11.8 Å². The molecule has 8 heteroatoms. The average molecular weight is 304 g/mol. The predicted octanol–water partition coefficient (Wildman–Crippen LogP) is -0.742. The van der Waals surface area contributed by atoms with Gasteiger partial charge in [-0.3, -0.25) is 14.4 Å². The predicted molar refractivity (Wildman–Crippen MR) is 74.4 cm³/mol. The average Bonchev–Trinajstić information content (AvgIpc) is 2.46. The van der Waals surface area contributed by atoms with Crippen molar-refractivity contribution in [2.45, 2.75) is 6.92 Å². The molecule has 0 aromatic rings. The van der Waals surface area contributed by atoms with E-state index in [2.05, 4.69) is 10.1 Å². The van der Waals surface area contributed by atoms with E-state index in [1.807, 2.05) is 0 Å². The molecule has 0 unspecified atom stereocenters. The topological polar surface area (TPSA) is 84.9 Å². The number of morpholine rings is 1. The summed E-state index contributed by atoms with van der Waals surface area (Å²) in [5, 5.41) is 2.44. The Morgan fingerprint density at radius 2 is 1.95 bits per heavy atom. The Hall–Kier alpha value is -1.28. The quantitative estimate of drug-likeness (QED) is 0.624. The number of thioether (sulfide) groups is 1. The molecule has 0 bridgehead atoms. The largest absolute Gasteiger partial charge is 0.465 e. The zero-order valence-electron chi connectivity index (χ0n) is 11.6. The second kappa shape index (κ2) is 9.60. The van der Waals surface area contributed by atoms with Gasteiger partial charge in [0, 0.05) is 13.1 Å². The summed E-state index contributed by atoms with van der Waals surface area (Å²) < 4.78 is 9.84. The van der Waals surface area contributed by atoms with Gasteiger partial charge < -0.3 is 19.7 Å². The highest BCUT2D eigenvalue weighted by atomic mass is 32.2. The third-order valence-corrected chi connectivity index (χ3v) is 3.48. The maximum atomic E-state index is 11.8. The Kier molecular flexibility index (Phi) is 8.05. The first-order valence-corrected chi connectivity index (χ1v) is 7.64. The van der Waals surface area contributed by atoms with Gasteiger partial charge in [0.05, 0.1) is 31.3 Å². The first kappa shape index (κ1) is 16.8. The van der Waals surface area contributed by atoms with E-state index in [9.17, 15) is 14.4 Å². The first-order valence-electron chi connectivity index (χ1n) is 6.49. The molecule has 0 saturated carbocycles. The summed E-state index contributed by atoms with van der Waals surface area (Å²) in [5.41, 5.74) is 0. The molecule has 0 aromatic carbocycles. The van der Waals surface area contributed by atoms with Crippen LogP contribution in [0, 0.1) is 0 Å². The summed E-state index contributed by atoms with van der Waals surface area (Å²) in [5.74, 6) is -0.327. The molecule has 114 valence electrons. The van der Waals surface area contributed by atoms with Crippen molar-refractivity contribution in [1.29, 1.82) is 0 Å². The Morgan fingerprint density at radius 3 is 2.60 bits per heavy atom. The molecule has 1 heterocycles. The monoisotopic (exact) mass is 304 g/mol. The Bertz CT molecular complexity index is 345. The van der Waals surface area contributed by atoms with Crippen LogP contribution in [0.5, 0.6) is 0 Å². The molecule has 0 spiro atoms. The Labute approximate surface area is 122 Å². The standard InChI is InChI=1S/C12H20N2O5S/c1-2-19-12(17)7-13-10(15)8-20-9-11(16)14-3-5-18-6-4-14/h2-9H2,1H3,(H,13,15). The molecule has 20 heavy (non-hydrogen) atoms. The van der Waals surface area contributed by atoms with E-state index in [0.29, 0.717) is 26.3 Å². The molecule has 0 atom stereocenters. The maximum Gasteiger partial charge on any atom is 0.325 e. The van der Waals surface area contributed by atoms with Gasteiger partial charge in [-0.15, -0.1) is 11.8 Å². The van der Waals surface area contributed by atoms with E-state index in [1.165, 1.54) is 11.8 Å². The van der Waals surface area contributed by atoms with Gasteiger partial charge >= 0.3 is 5.97 Å². The lowest BCUT2D eigenvalue weighted by Gasteiger charge is -2.26. The van der Waals surface area contributed by atoms with Gasteiger partial charge in [0.15, 0.2) is 0 Å². The van der Waals surface area contributed by atoms with Crippen molar-refractivity contribution < 1.29 is 23.9 Å². The summed E-state index contributed by atoms with van der Waals surface area (Å²) >= 11 is 1.23. The molecule has 1 aliphatic rings. The minimum Gasteiger partial charge on any atom is -0.465 e. The van der Waals surface area contributed by atoms with Gasteiger partial charge in [-0.25, -0.2) is 0 Å². The molecule has 1 saturated heterocycles. The fraction of sp³-hybridized carbons (Fsp3) is 0.750. The number of rotatable bonds is 7. The molecule has 1 fully saturated rings. The number of carbonyl (C=O) groups is 3. The molecular formula is C12H20N2O5S. The molecule has 1 rings (SSSR count). The smallest absolute Gasteiger partial charge is 0.325 e. The summed E-state index contributed by atoms with van der Waals surface area (Å²) in [6.45, 7) is 4.20. The summed E-state index contributed by atoms with van der Waals surface area (Å²) in [4.78, 5) is 35.9. The van der Waals surface area contributed by atoms with Gasteiger partial charge in [0.1, 0.15) is 6.54 Å². The third kappa shape index (κ3) is 6.76. The van der Waals surface area contributed by atoms with Gasteiger partial charge in [-0.1, -0.05) is 0 Å². The number of nitrogens with one attached hydrogen (secondary N) is 1. The van der Waals surface area contributed by atoms with Gasteiger partial charge in [0.2, 0.25) is 11.8 Å². The van der Waals surface area contributed by atoms with Crippen molar-refractivity contribution in [3.8, 4) is 0 Å². The van der Waals surface area contributed by atoms with Crippen LogP contribution in [0.4, 0.5) is 0 Å². The summed E-state index contributed by atoms with van der Waals surface area (Å²) in [7, 11) is 0. The second-order valence-electron chi connectivity index (χ2n) is 4.07. The number of hydrogen-bond donors (Lipinski definition) is 1. The fourth-order valence-corrected chi connectivity index (χ4v) is 2.32. The van der Waals surface area contributed by atoms with Gasteiger partial charge in [-0.2, -0.15) is 0 Å². The van der Waals surface area contributed by atoms with Crippen LogP contribution < -0.4 is 5.32 Å². The number of hydrogen-bond acceptors (Lipinski definition) is 6. The van der Waals surface area contributed by atoms with E-state index in [-0.39, 0.29) is 36.5 Å². The third-order valence-electron chi connectivity index (χ3n) is 2.56. The molecule has 7 nitrogen and oxygen atoms in total. The van der Waals surface area contributed by atoms with Crippen LogP contribution in [-0.2, 0) is 23.9 Å². The van der Waals surface area contributed by atoms with E-state index in [1.54, 1.807) is 11.8 Å². The zero-order chi connectivity index (χ0) is 14.8. The Balaban J connectivity index is 2.08. The molecule has 0 aromatic heterocycles. The van der Waals surface area contributed by atoms with Gasteiger partial charge in [-0.05, 0) is 6.92 Å². The van der Waals surface area contributed by atoms with Crippen molar-refractivity contribution in [1.82, 2.24) is 10.2 Å². The first-order chi connectivity index (χ1) is 9.63. The van der Waals surface area contributed by atoms with Crippen LogP contribution in [0.1, 0.15) is 6.92 Å². The number of ether oxygens (including phenoxy) is 2. The normalized spacial score (nSPS) is 14.8. The molecule has 2 amide bonds. The maximum absolute atomic E-state index is 11.8. The zero-order valence-corrected chi connectivity index (χ0v) is 12.4. The highest BCUT2D eigenvalue weighted by molar-refractivity contribution is 8.00. The van der Waals surface area contributed by atoms with Gasteiger partial charge in [0.25, 0.3) is 0 Å². The Morgan fingerprint density at radius 1 is 1.25 bits per heavy atom. The number of esters is 1. The molecule has 1 aliphatic heterocycles. The highest BCUT2D eigenvalue weighted by Gasteiger charge is 2.17. The number of amides is 2. The number of carbonyl (C=O) groups excluding carboxylic acids is 3. The number of nitrogens with zero attached hydrogens (tertiary/aromatic N) is 1. The molecule has 1 N–H and O–H groups in total. The summed E-state index contributed by atoms with van der Waals surface area (Å²) in [6.07, 6.45) is 0. The lowest BCUT2D eigenvalue weighted by atomic mass is 10.4. The van der Waals surface area contributed by atoms with E-state index >= 15 is 0 Å².